The van der Waals surface area contributed by atoms with Crippen LogP contribution in [0.4, 0.5) is 5.69 Å². The number of benzene rings is 2. The number of hydrogen-bond acceptors (Lipinski definition) is 3. The molecule has 0 spiro atoms. The monoisotopic (exact) mass is 379 g/mol. The zero-order valence-corrected chi connectivity index (χ0v) is 16.2. The van der Waals surface area contributed by atoms with Crippen molar-refractivity contribution in [2.24, 2.45) is 12.1 Å². The van der Waals surface area contributed by atoms with Gasteiger partial charge in [0, 0.05) is 7.05 Å². The van der Waals surface area contributed by atoms with Crippen LogP contribution in [0, 0.1) is 13.8 Å². The van der Waals surface area contributed by atoms with Crippen LogP contribution in [-0.2, 0) is 7.05 Å². The lowest BCUT2D eigenvalue weighted by Crippen LogP contribution is -2.28. The second-order valence-electron chi connectivity index (χ2n) is 6.17. The number of para-hydroxylation sites is 1. The zero-order chi connectivity index (χ0) is 19.4. The van der Waals surface area contributed by atoms with E-state index in [1.165, 1.54) is 5.56 Å². The molecule has 0 aliphatic rings. The van der Waals surface area contributed by atoms with E-state index in [1.807, 2.05) is 75.5 Å². The second-order valence-corrected chi connectivity index (χ2v) is 6.58. The first-order chi connectivity index (χ1) is 13.0. The predicted octanol–water partition coefficient (Wildman–Crippen LogP) is 3.11. The molecule has 2 aromatic carbocycles. The van der Waals surface area contributed by atoms with Crippen LogP contribution in [0.2, 0.25) is 0 Å². The number of thiocarbonyl (C=S) groups is 1. The molecule has 138 valence electrons. The molecule has 0 fully saturated rings. The molecule has 3 rings (SSSR count). The maximum Gasteiger partial charge on any atom is 0.295 e. The number of aromatic nitrogens is 2. The van der Waals surface area contributed by atoms with E-state index in [1.54, 1.807) is 15.6 Å². The molecule has 6 nitrogen and oxygen atoms in total. The highest BCUT2D eigenvalue weighted by molar-refractivity contribution is 7.80. The minimum absolute atomic E-state index is 0.173. The van der Waals surface area contributed by atoms with Gasteiger partial charge in [0.05, 0.1) is 17.6 Å². The van der Waals surface area contributed by atoms with E-state index in [9.17, 15) is 4.79 Å². The van der Waals surface area contributed by atoms with Crippen molar-refractivity contribution in [1.29, 1.82) is 0 Å². The lowest BCUT2D eigenvalue weighted by Gasteiger charge is -2.07. The molecule has 0 bridgehead atoms. The molecule has 0 saturated carbocycles. The molecule has 0 aliphatic carbocycles. The van der Waals surface area contributed by atoms with Gasteiger partial charge >= 0.3 is 0 Å². The van der Waals surface area contributed by atoms with E-state index in [0.717, 1.165) is 16.9 Å². The van der Waals surface area contributed by atoms with E-state index in [0.29, 0.717) is 5.69 Å². The predicted molar refractivity (Wildman–Crippen MR) is 114 cm³/mol. The molecule has 0 aliphatic heterocycles. The van der Waals surface area contributed by atoms with Gasteiger partial charge in [0.15, 0.2) is 5.11 Å². The van der Waals surface area contributed by atoms with Crippen molar-refractivity contribution in [1.82, 2.24) is 14.8 Å². The smallest absolute Gasteiger partial charge is 0.295 e. The maximum absolute atomic E-state index is 12.8. The quantitative estimate of drug-likeness (QED) is 0.415. The van der Waals surface area contributed by atoms with Crippen LogP contribution in [0.15, 0.2) is 64.5 Å². The Bertz CT molecular complexity index is 1030. The van der Waals surface area contributed by atoms with Gasteiger partial charge in [-0.15, -0.1) is 0 Å². The molecular weight excluding hydrogens is 358 g/mol. The molecule has 3 aromatic rings. The summed E-state index contributed by atoms with van der Waals surface area (Å²) in [5, 5.41) is 7.33. The van der Waals surface area contributed by atoms with Gasteiger partial charge in [-0.25, -0.2) is 4.68 Å². The van der Waals surface area contributed by atoms with Crippen molar-refractivity contribution in [2.75, 3.05) is 5.32 Å². The van der Waals surface area contributed by atoms with Crippen molar-refractivity contribution in [3.8, 4) is 5.69 Å². The van der Waals surface area contributed by atoms with E-state index in [4.69, 9.17) is 12.2 Å². The highest BCUT2D eigenvalue weighted by Crippen LogP contribution is 2.13. The van der Waals surface area contributed by atoms with Gasteiger partial charge in [-0.05, 0) is 43.8 Å². The molecule has 0 atom stereocenters. The van der Waals surface area contributed by atoms with Crippen LogP contribution in [0.3, 0.4) is 0 Å². The lowest BCUT2D eigenvalue weighted by atomic mass is 10.2. The van der Waals surface area contributed by atoms with Gasteiger partial charge in [0.2, 0.25) is 0 Å². The summed E-state index contributed by atoms with van der Waals surface area (Å²) in [6.07, 6.45) is 1.67. The van der Waals surface area contributed by atoms with Crippen LogP contribution < -0.4 is 16.3 Å². The first-order valence-corrected chi connectivity index (χ1v) is 8.89. The molecular formula is C20H21N5OS. The number of anilines is 1. The molecule has 0 radical (unpaired) electrons. The maximum atomic E-state index is 12.8. The molecule has 1 heterocycles. The molecule has 1 aromatic heterocycles. The number of nitrogens with zero attached hydrogens (tertiary/aromatic N) is 3. The van der Waals surface area contributed by atoms with Gasteiger partial charge in [-0.1, -0.05) is 48.0 Å². The third-order valence-corrected chi connectivity index (χ3v) is 4.44. The number of hydrogen-bond donors (Lipinski definition) is 2. The van der Waals surface area contributed by atoms with Crippen LogP contribution >= 0.6 is 12.2 Å². The topological polar surface area (TPSA) is 63.4 Å². The van der Waals surface area contributed by atoms with Crippen LogP contribution in [-0.4, -0.2) is 20.7 Å². The third kappa shape index (κ3) is 4.15. The van der Waals surface area contributed by atoms with Crippen molar-refractivity contribution in [3.63, 3.8) is 0 Å². The average Bonchev–Trinajstić information content (AvgIpc) is 2.87. The Hall–Kier alpha value is -3.19. The van der Waals surface area contributed by atoms with Gasteiger partial charge in [-0.3, -0.25) is 14.9 Å². The standard InChI is InChI=1S/C20H21N5OS/c1-14-9-11-16(12-10-14)13-21-23-20(27)22-18-15(2)24(3)25(19(18)26)17-7-5-4-6-8-17/h4-13H,1-3H3,(H2,22,23,27)/b21-13+. The summed E-state index contributed by atoms with van der Waals surface area (Å²) in [5.41, 5.74) is 6.70. The summed E-state index contributed by atoms with van der Waals surface area (Å²) in [7, 11) is 1.83. The fourth-order valence-corrected chi connectivity index (χ4v) is 2.83. The lowest BCUT2D eigenvalue weighted by molar-refractivity contribution is 0.630. The van der Waals surface area contributed by atoms with Gasteiger partial charge in [0.1, 0.15) is 5.69 Å². The Morgan fingerprint density at radius 3 is 2.41 bits per heavy atom. The first-order valence-electron chi connectivity index (χ1n) is 8.48. The summed E-state index contributed by atoms with van der Waals surface area (Å²) in [6, 6.07) is 17.4. The van der Waals surface area contributed by atoms with E-state index in [2.05, 4.69) is 15.8 Å². The largest absolute Gasteiger partial charge is 0.325 e. The van der Waals surface area contributed by atoms with Crippen LogP contribution in [0.5, 0.6) is 0 Å². The Labute approximate surface area is 163 Å². The Balaban J connectivity index is 1.75. The summed E-state index contributed by atoms with van der Waals surface area (Å²) in [6.45, 7) is 3.89. The van der Waals surface area contributed by atoms with E-state index in [-0.39, 0.29) is 10.7 Å². The zero-order valence-electron chi connectivity index (χ0n) is 15.4. The number of rotatable bonds is 4. The minimum atomic E-state index is -0.173. The SMILES string of the molecule is Cc1ccc(/C=N/NC(=S)Nc2c(C)n(C)n(-c3ccccc3)c2=O)cc1. The number of aryl methyl sites for hydroxylation is 1. The van der Waals surface area contributed by atoms with Crippen molar-refractivity contribution in [2.45, 2.75) is 13.8 Å². The summed E-state index contributed by atoms with van der Waals surface area (Å²) in [4.78, 5) is 12.8. The molecule has 2 N–H and O–H groups in total. The highest BCUT2D eigenvalue weighted by atomic mass is 32.1. The first kappa shape index (κ1) is 18.6. The Morgan fingerprint density at radius 1 is 1.07 bits per heavy atom. The number of hydrazone groups is 1. The second kappa shape index (κ2) is 8.01. The Morgan fingerprint density at radius 2 is 1.74 bits per heavy atom. The van der Waals surface area contributed by atoms with Gasteiger partial charge in [0.25, 0.3) is 5.56 Å². The van der Waals surface area contributed by atoms with E-state index >= 15 is 0 Å². The van der Waals surface area contributed by atoms with Crippen LogP contribution in [0.25, 0.3) is 5.69 Å². The fraction of sp³-hybridized carbons (Fsp3) is 0.150. The van der Waals surface area contributed by atoms with Crippen molar-refractivity contribution in [3.05, 3.63) is 81.8 Å². The minimum Gasteiger partial charge on any atom is -0.325 e. The summed E-state index contributed by atoms with van der Waals surface area (Å²) >= 11 is 5.27. The molecule has 0 amide bonds. The molecule has 7 heteroatoms. The molecule has 0 saturated heterocycles. The summed E-state index contributed by atoms with van der Waals surface area (Å²) < 4.78 is 3.38. The molecule has 0 unspecified atom stereocenters. The fourth-order valence-electron chi connectivity index (χ4n) is 2.67. The van der Waals surface area contributed by atoms with Gasteiger partial charge in [-0.2, -0.15) is 5.10 Å². The van der Waals surface area contributed by atoms with Crippen molar-refractivity contribution < 1.29 is 0 Å². The van der Waals surface area contributed by atoms with Crippen LogP contribution in [0.1, 0.15) is 16.8 Å². The van der Waals surface area contributed by atoms with Crippen molar-refractivity contribution >= 4 is 29.2 Å². The highest BCUT2D eigenvalue weighted by Gasteiger charge is 2.16. The number of nitrogens with one attached hydrogen (secondary N) is 2. The normalized spacial score (nSPS) is 10.9. The Kier molecular flexibility index (Phi) is 5.52. The third-order valence-electron chi connectivity index (χ3n) is 4.25. The van der Waals surface area contributed by atoms with E-state index < -0.39 is 0 Å². The van der Waals surface area contributed by atoms with Gasteiger partial charge < -0.3 is 5.32 Å². The summed E-state index contributed by atoms with van der Waals surface area (Å²) in [5.74, 6) is 0. The molecule has 27 heavy (non-hydrogen) atoms. The average molecular weight is 379 g/mol.